The average Bonchev–Trinajstić information content (AvgIpc) is 3.44. The second-order valence-corrected chi connectivity index (χ2v) is 10.9. The Bertz CT molecular complexity index is 1120. The Labute approximate surface area is 205 Å². The van der Waals surface area contributed by atoms with Crippen LogP contribution in [0.25, 0.3) is 11.3 Å². The Balaban J connectivity index is 1.26. The van der Waals surface area contributed by atoms with E-state index in [0.717, 1.165) is 36.5 Å². The number of halogens is 1. The molecule has 2 amide bonds. The number of carbonyl (C=O) groups excluding carboxylic acids is 2. The van der Waals surface area contributed by atoms with E-state index in [-0.39, 0.29) is 11.8 Å². The van der Waals surface area contributed by atoms with E-state index in [4.69, 9.17) is 16.6 Å². The molecule has 7 nitrogen and oxygen atoms in total. The van der Waals surface area contributed by atoms with Gasteiger partial charge in [-0.25, -0.2) is 4.98 Å². The van der Waals surface area contributed by atoms with Gasteiger partial charge in [0.1, 0.15) is 11.4 Å². The second-order valence-electron chi connectivity index (χ2n) is 10.5. The summed E-state index contributed by atoms with van der Waals surface area (Å²) in [6.07, 6.45) is 7.70. The average molecular weight is 485 g/mol. The number of imidazole rings is 1. The summed E-state index contributed by atoms with van der Waals surface area (Å²) in [5, 5.41) is 10.5. The second kappa shape index (κ2) is 8.68. The van der Waals surface area contributed by atoms with Crippen LogP contribution in [0.3, 0.4) is 0 Å². The van der Waals surface area contributed by atoms with Crippen molar-refractivity contribution in [3.8, 4) is 11.3 Å². The van der Waals surface area contributed by atoms with Crippen LogP contribution in [-0.2, 0) is 17.8 Å². The zero-order chi connectivity index (χ0) is 24.1. The molecule has 1 atom stereocenters. The number of hydrogen-bond acceptors (Lipinski definition) is 4. The van der Waals surface area contributed by atoms with Gasteiger partial charge in [0.05, 0.1) is 16.3 Å². The molecule has 1 N–H and O–H groups in total. The van der Waals surface area contributed by atoms with Crippen molar-refractivity contribution in [1.29, 1.82) is 0 Å². The van der Waals surface area contributed by atoms with E-state index in [9.17, 15) is 14.7 Å². The number of fused-ring (bicyclic) bond motifs is 1. The molecule has 1 saturated heterocycles. The van der Waals surface area contributed by atoms with Crippen LogP contribution in [0.4, 0.5) is 0 Å². The van der Waals surface area contributed by atoms with Gasteiger partial charge >= 0.3 is 0 Å². The van der Waals surface area contributed by atoms with Crippen molar-refractivity contribution in [1.82, 2.24) is 19.4 Å². The first-order chi connectivity index (χ1) is 16.2. The minimum atomic E-state index is -1.16. The van der Waals surface area contributed by atoms with Gasteiger partial charge in [-0.05, 0) is 43.2 Å². The Hall–Kier alpha value is -2.38. The fourth-order valence-corrected chi connectivity index (χ4v) is 5.62. The van der Waals surface area contributed by atoms with Gasteiger partial charge in [-0.1, -0.05) is 37.9 Å². The number of aryl methyl sites for hydroxylation is 1. The Morgan fingerprint density at radius 2 is 1.79 bits per heavy atom. The van der Waals surface area contributed by atoms with E-state index >= 15 is 0 Å². The van der Waals surface area contributed by atoms with Crippen molar-refractivity contribution in [3.63, 3.8) is 0 Å². The molecular formula is C26H33ClN4O3. The highest BCUT2D eigenvalue weighted by atomic mass is 35.5. The van der Waals surface area contributed by atoms with Gasteiger partial charge in [0.25, 0.3) is 11.8 Å². The van der Waals surface area contributed by atoms with E-state index in [1.165, 1.54) is 12.8 Å². The van der Waals surface area contributed by atoms with Crippen LogP contribution < -0.4 is 0 Å². The molecule has 8 heteroatoms. The van der Waals surface area contributed by atoms with Crippen molar-refractivity contribution < 1.29 is 14.7 Å². The van der Waals surface area contributed by atoms with Gasteiger partial charge in [-0.15, -0.1) is 0 Å². The van der Waals surface area contributed by atoms with Crippen LogP contribution >= 0.6 is 11.6 Å². The number of rotatable bonds is 5. The molecule has 2 aliphatic heterocycles. The SMILES string of the molecule is CCCC1(C)CCn2cc(-c3ccc(C(=O)N4CCN(C(=O)C5(O)CC5)CC4)c(Cl)c3)nc2C1. The maximum absolute atomic E-state index is 13.1. The molecule has 2 aromatic rings. The summed E-state index contributed by atoms with van der Waals surface area (Å²) in [4.78, 5) is 33.7. The van der Waals surface area contributed by atoms with Gasteiger partial charge in [-0.2, -0.15) is 0 Å². The molecule has 1 aromatic heterocycles. The van der Waals surface area contributed by atoms with Crippen molar-refractivity contribution in [2.75, 3.05) is 26.2 Å². The van der Waals surface area contributed by atoms with Crippen LogP contribution in [-0.4, -0.2) is 68.1 Å². The maximum atomic E-state index is 13.1. The molecule has 5 rings (SSSR count). The standard InChI is InChI=1S/C26H33ClN4O3/c1-3-6-25(2)9-10-31-17-21(28-22(31)16-25)18-4-5-19(20(27)15-18)23(32)29-11-13-30(14-12-29)24(33)26(34)7-8-26/h4-5,15,17,34H,3,6-14,16H2,1-2H3. The molecular weight excluding hydrogens is 452 g/mol. The molecule has 1 unspecified atom stereocenters. The third-order valence-electron chi connectivity index (χ3n) is 7.72. The lowest BCUT2D eigenvalue weighted by Gasteiger charge is -2.36. The van der Waals surface area contributed by atoms with Gasteiger partial charge in [-0.3, -0.25) is 9.59 Å². The Kier molecular flexibility index (Phi) is 5.97. The third kappa shape index (κ3) is 4.36. The van der Waals surface area contributed by atoms with Crippen molar-refractivity contribution in [3.05, 3.63) is 40.8 Å². The predicted octanol–water partition coefficient (Wildman–Crippen LogP) is 3.77. The zero-order valence-electron chi connectivity index (χ0n) is 20.0. The predicted molar refractivity (Wildman–Crippen MR) is 131 cm³/mol. The van der Waals surface area contributed by atoms with Crippen LogP contribution in [0.1, 0.15) is 62.1 Å². The topological polar surface area (TPSA) is 78.7 Å². The highest BCUT2D eigenvalue weighted by Gasteiger charge is 2.50. The minimum absolute atomic E-state index is 0.131. The molecule has 34 heavy (non-hydrogen) atoms. The van der Waals surface area contributed by atoms with Crippen molar-refractivity contribution >= 4 is 23.4 Å². The summed E-state index contributed by atoms with van der Waals surface area (Å²) >= 11 is 6.57. The number of carbonyl (C=O) groups is 2. The Morgan fingerprint density at radius 1 is 1.09 bits per heavy atom. The van der Waals surface area contributed by atoms with Crippen LogP contribution in [0, 0.1) is 5.41 Å². The van der Waals surface area contributed by atoms with Crippen molar-refractivity contribution in [2.45, 2.75) is 64.5 Å². The first kappa shape index (κ1) is 23.4. The first-order valence-electron chi connectivity index (χ1n) is 12.4. The summed E-state index contributed by atoms with van der Waals surface area (Å²) in [7, 11) is 0. The van der Waals surface area contributed by atoms with Crippen LogP contribution in [0.2, 0.25) is 5.02 Å². The number of piperazine rings is 1. The lowest BCUT2D eigenvalue weighted by molar-refractivity contribution is -0.143. The summed E-state index contributed by atoms with van der Waals surface area (Å²) in [5.41, 5.74) is 1.42. The molecule has 0 bridgehead atoms. The summed E-state index contributed by atoms with van der Waals surface area (Å²) in [6.45, 7) is 7.30. The fourth-order valence-electron chi connectivity index (χ4n) is 5.36. The van der Waals surface area contributed by atoms with E-state index < -0.39 is 5.60 Å². The first-order valence-corrected chi connectivity index (χ1v) is 12.8. The van der Waals surface area contributed by atoms with Crippen LogP contribution in [0.5, 0.6) is 0 Å². The van der Waals surface area contributed by atoms with Gasteiger partial charge in [0.2, 0.25) is 0 Å². The van der Waals surface area contributed by atoms with Gasteiger partial charge < -0.3 is 19.5 Å². The highest BCUT2D eigenvalue weighted by molar-refractivity contribution is 6.34. The Morgan fingerprint density at radius 3 is 2.44 bits per heavy atom. The summed E-state index contributed by atoms with van der Waals surface area (Å²) in [5.74, 6) is 0.782. The molecule has 0 spiro atoms. The summed E-state index contributed by atoms with van der Waals surface area (Å²) in [6, 6.07) is 5.53. The van der Waals surface area contributed by atoms with Crippen molar-refractivity contribution in [2.24, 2.45) is 5.41 Å². The van der Waals surface area contributed by atoms with E-state index in [1.54, 1.807) is 15.9 Å². The molecule has 1 saturated carbocycles. The highest BCUT2D eigenvalue weighted by Crippen LogP contribution is 2.38. The lowest BCUT2D eigenvalue weighted by atomic mass is 9.77. The lowest BCUT2D eigenvalue weighted by Crippen LogP contribution is -2.53. The molecule has 0 radical (unpaired) electrons. The molecule has 182 valence electrons. The number of aromatic nitrogens is 2. The molecule has 1 aromatic carbocycles. The molecule has 2 fully saturated rings. The third-order valence-corrected chi connectivity index (χ3v) is 8.04. The van der Waals surface area contributed by atoms with E-state index in [0.29, 0.717) is 55.0 Å². The number of nitrogens with zero attached hydrogens (tertiary/aromatic N) is 4. The largest absolute Gasteiger partial charge is 0.380 e. The number of aliphatic hydroxyl groups is 1. The molecule has 3 aliphatic rings. The van der Waals surface area contributed by atoms with Gasteiger partial charge in [0.15, 0.2) is 0 Å². The fraction of sp³-hybridized carbons (Fsp3) is 0.577. The number of benzene rings is 1. The number of amides is 2. The zero-order valence-corrected chi connectivity index (χ0v) is 20.8. The monoisotopic (exact) mass is 484 g/mol. The summed E-state index contributed by atoms with van der Waals surface area (Å²) < 4.78 is 2.25. The normalized spacial score (nSPS) is 23.5. The number of hydrogen-bond donors (Lipinski definition) is 1. The molecule has 1 aliphatic carbocycles. The quantitative estimate of drug-likeness (QED) is 0.700. The van der Waals surface area contributed by atoms with Gasteiger partial charge in [0, 0.05) is 50.9 Å². The molecule has 3 heterocycles. The smallest absolute Gasteiger partial charge is 0.255 e. The minimum Gasteiger partial charge on any atom is -0.380 e. The van der Waals surface area contributed by atoms with Crippen LogP contribution in [0.15, 0.2) is 24.4 Å². The maximum Gasteiger partial charge on any atom is 0.255 e. The van der Waals surface area contributed by atoms with E-state index in [2.05, 4.69) is 24.6 Å². The van der Waals surface area contributed by atoms with E-state index in [1.807, 2.05) is 12.1 Å².